The topological polar surface area (TPSA) is 112 Å². The van der Waals surface area contributed by atoms with Gasteiger partial charge in [0.1, 0.15) is 5.41 Å². The van der Waals surface area contributed by atoms with E-state index in [1.165, 1.54) is 0 Å². The second-order valence-electron chi connectivity index (χ2n) is 4.85. The number of carboxylic acid groups (broad SMARTS) is 2. The summed E-state index contributed by atoms with van der Waals surface area (Å²) in [5, 5.41) is 28.1. The number of hydrogen-bond donors (Lipinski definition) is 3. The Balaban J connectivity index is 3.52. The van der Waals surface area contributed by atoms with Crippen LogP contribution in [-0.2, 0) is 14.4 Å². The van der Waals surface area contributed by atoms with E-state index >= 15 is 0 Å². The smallest absolute Gasteiger partial charge is 0.318 e. The second-order valence-corrected chi connectivity index (χ2v) is 4.85. The number of hydrogen-bond acceptors (Lipinski definition) is 4. The van der Waals surface area contributed by atoms with Crippen LogP contribution in [-0.4, -0.2) is 39.6 Å². The molecule has 0 spiro atoms. The summed E-state index contributed by atoms with van der Waals surface area (Å²) in [7, 11) is 0. The molecule has 6 heteroatoms. The third-order valence-electron chi connectivity index (χ3n) is 4.14. The lowest BCUT2D eigenvalue weighted by atomic mass is 9.52. The normalized spacial score (nSPS) is 30.6. The van der Waals surface area contributed by atoms with Crippen molar-refractivity contribution < 1.29 is 29.7 Å². The maximum atomic E-state index is 12.1. The molecule has 1 aliphatic rings. The summed E-state index contributed by atoms with van der Waals surface area (Å²) in [5.74, 6) is -3.60. The fourth-order valence-electron chi connectivity index (χ4n) is 3.15. The lowest BCUT2D eigenvalue weighted by Gasteiger charge is -2.46. The summed E-state index contributed by atoms with van der Waals surface area (Å²) in [6, 6.07) is 0. The number of aliphatic hydroxyl groups excluding tert-OH is 1. The lowest BCUT2D eigenvalue weighted by molar-refractivity contribution is -0.183. The Morgan fingerprint density at radius 1 is 1.11 bits per heavy atom. The van der Waals surface area contributed by atoms with Crippen molar-refractivity contribution in [1.82, 2.24) is 0 Å². The minimum atomic E-state index is -2.03. The molecule has 1 rings (SSSR count). The average Bonchev–Trinajstić information content (AvgIpc) is 2.38. The van der Waals surface area contributed by atoms with Gasteiger partial charge in [-0.15, -0.1) is 0 Å². The molecule has 1 saturated carbocycles. The first-order valence-corrected chi connectivity index (χ1v) is 6.13. The number of allylic oxidation sites excluding steroid dienone is 1. The summed E-state index contributed by atoms with van der Waals surface area (Å²) in [4.78, 5) is 35.4. The Hall–Kier alpha value is -1.69. The molecule has 0 aromatic carbocycles. The second kappa shape index (κ2) is 5.52. The minimum absolute atomic E-state index is 0.0422. The van der Waals surface area contributed by atoms with Crippen LogP contribution in [0.5, 0.6) is 0 Å². The van der Waals surface area contributed by atoms with Crippen LogP contribution in [0.3, 0.4) is 0 Å². The molecule has 0 saturated heterocycles. The van der Waals surface area contributed by atoms with Gasteiger partial charge in [0.2, 0.25) is 0 Å². The van der Waals surface area contributed by atoms with Crippen LogP contribution >= 0.6 is 0 Å². The van der Waals surface area contributed by atoms with Crippen LogP contribution in [0.4, 0.5) is 0 Å². The maximum Gasteiger partial charge on any atom is 0.318 e. The SMILES string of the molecule is C=CC(=O)C1(C(=O)O)CCCCC1(CCO)C(=O)O. The lowest BCUT2D eigenvalue weighted by Crippen LogP contribution is -2.58. The number of aliphatic hydroxyl groups is 1. The van der Waals surface area contributed by atoms with Crippen LogP contribution in [0.1, 0.15) is 32.1 Å². The van der Waals surface area contributed by atoms with E-state index in [2.05, 4.69) is 6.58 Å². The number of carbonyl (C=O) groups is 3. The molecule has 0 bridgehead atoms. The van der Waals surface area contributed by atoms with E-state index in [0.29, 0.717) is 12.8 Å². The zero-order valence-electron chi connectivity index (χ0n) is 10.6. The first-order valence-electron chi connectivity index (χ1n) is 6.13. The van der Waals surface area contributed by atoms with Crippen molar-refractivity contribution >= 4 is 17.7 Å². The van der Waals surface area contributed by atoms with Crippen molar-refractivity contribution in [1.29, 1.82) is 0 Å². The summed E-state index contributed by atoms with van der Waals surface area (Å²) < 4.78 is 0. The van der Waals surface area contributed by atoms with Crippen molar-refractivity contribution in [2.45, 2.75) is 32.1 Å². The Bertz CT molecular complexity index is 411. The molecule has 1 fully saturated rings. The summed E-state index contributed by atoms with van der Waals surface area (Å²) in [6.07, 6.45) is 1.62. The largest absolute Gasteiger partial charge is 0.481 e. The molecule has 2 atom stereocenters. The van der Waals surface area contributed by atoms with Crippen molar-refractivity contribution in [3.63, 3.8) is 0 Å². The van der Waals surface area contributed by atoms with Gasteiger partial charge in [0.05, 0.1) is 5.41 Å². The predicted octanol–water partition coefficient (Wildman–Crippen LogP) is 0.840. The highest BCUT2D eigenvalue weighted by molar-refractivity contribution is 6.12. The zero-order valence-corrected chi connectivity index (χ0v) is 10.6. The van der Waals surface area contributed by atoms with E-state index < -0.39 is 35.2 Å². The van der Waals surface area contributed by atoms with Gasteiger partial charge in [0.15, 0.2) is 5.78 Å². The number of rotatable bonds is 6. The molecule has 3 N–H and O–H groups in total. The molecule has 0 amide bonds. The van der Waals surface area contributed by atoms with E-state index in [1.807, 2.05) is 0 Å². The number of aliphatic carboxylic acids is 2. The summed E-state index contributed by atoms with van der Waals surface area (Å²) in [5.41, 5.74) is -3.79. The Labute approximate surface area is 110 Å². The Kier molecular flexibility index (Phi) is 4.47. The molecule has 0 aliphatic heterocycles. The fourth-order valence-corrected chi connectivity index (χ4v) is 3.15. The zero-order chi connectivity index (χ0) is 14.7. The highest BCUT2D eigenvalue weighted by Crippen LogP contribution is 2.54. The van der Waals surface area contributed by atoms with E-state index in [1.54, 1.807) is 0 Å². The molecule has 6 nitrogen and oxygen atoms in total. The van der Waals surface area contributed by atoms with Crippen molar-refractivity contribution in [2.24, 2.45) is 10.8 Å². The maximum absolute atomic E-state index is 12.1. The van der Waals surface area contributed by atoms with E-state index in [4.69, 9.17) is 5.11 Å². The van der Waals surface area contributed by atoms with Gasteiger partial charge < -0.3 is 15.3 Å². The summed E-state index contributed by atoms with van der Waals surface area (Å²) in [6.45, 7) is 2.80. The van der Waals surface area contributed by atoms with E-state index in [-0.39, 0.29) is 19.3 Å². The standard InChI is InChI=1S/C13H18O6/c1-2-9(15)13(11(18)19)6-4-3-5-12(13,7-8-14)10(16)17/h2,14H,1,3-8H2,(H,16,17)(H,18,19). The van der Waals surface area contributed by atoms with Gasteiger partial charge in [-0.05, 0) is 25.3 Å². The minimum Gasteiger partial charge on any atom is -0.481 e. The van der Waals surface area contributed by atoms with Gasteiger partial charge >= 0.3 is 11.9 Å². The quantitative estimate of drug-likeness (QED) is 0.487. The molecule has 2 unspecified atom stereocenters. The van der Waals surface area contributed by atoms with Crippen LogP contribution in [0.15, 0.2) is 12.7 Å². The van der Waals surface area contributed by atoms with Gasteiger partial charge in [-0.2, -0.15) is 0 Å². The monoisotopic (exact) mass is 270 g/mol. The summed E-state index contributed by atoms with van der Waals surface area (Å²) >= 11 is 0. The third-order valence-corrected chi connectivity index (χ3v) is 4.14. The van der Waals surface area contributed by atoms with Crippen LogP contribution < -0.4 is 0 Å². The number of carbonyl (C=O) groups excluding carboxylic acids is 1. The average molecular weight is 270 g/mol. The van der Waals surface area contributed by atoms with Gasteiger partial charge in [-0.25, -0.2) is 0 Å². The Morgan fingerprint density at radius 2 is 1.68 bits per heavy atom. The molecule has 19 heavy (non-hydrogen) atoms. The van der Waals surface area contributed by atoms with Gasteiger partial charge in [0, 0.05) is 6.61 Å². The first kappa shape index (κ1) is 15.4. The molecule has 0 aromatic rings. The molecule has 0 radical (unpaired) electrons. The van der Waals surface area contributed by atoms with Gasteiger partial charge in [0.25, 0.3) is 0 Å². The van der Waals surface area contributed by atoms with Crippen molar-refractivity contribution in [2.75, 3.05) is 6.61 Å². The first-order chi connectivity index (χ1) is 8.89. The Morgan fingerprint density at radius 3 is 2.11 bits per heavy atom. The molecular formula is C13H18O6. The van der Waals surface area contributed by atoms with Gasteiger partial charge in [-0.1, -0.05) is 19.4 Å². The van der Waals surface area contributed by atoms with Crippen LogP contribution in [0.2, 0.25) is 0 Å². The third kappa shape index (κ3) is 2.06. The predicted molar refractivity (Wildman–Crippen MR) is 65.5 cm³/mol. The van der Waals surface area contributed by atoms with Gasteiger partial charge in [-0.3, -0.25) is 14.4 Å². The number of carboxylic acids is 2. The molecule has 0 aromatic heterocycles. The highest BCUT2D eigenvalue weighted by atomic mass is 16.4. The van der Waals surface area contributed by atoms with E-state index in [9.17, 15) is 24.6 Å². The molecule has 0 heterocycles. The number of ketones is 1. The van der Waals surface area contributed by atoms with Crippen molar-refractivity contribution in [3.8, 4) is 0 Å². The highest BCUT2D eigenvalue weighted by Gasteiger charge is 2.65. The molecule has 106 valence electrons. The fraction of sp³-hybridized carbons (Fsp3) is 0.615. The van der Waals surface area contributed by atoms with Crippen LogP contribution in [0.25, 0.3) is 0 Å². The van der Waals surface area contributed by atoms with Crippen molar-refractivity contribution in [3.05, 3.63) is 12.7 Å². The molecular weight excluding hydrogens is 252 g/mol. The van der Waals surface area contributed by atoms with Crippen LogP contribution in [0, 0.1) is 10.8 Å². The van der Waals surface area contributed by atoms with E-state index in [0.717, 1.165) is 6.08 Å². The molecule has 1 aliphatic carbocycles.